The average Bonchev–Trinajstić information content (AvgIpc) is 2.82. The zero-order valence-electron chi connectivity index (χ0n) is 14.3. The van der Waals surface area contributed by atoms with Gasteiger partial charge in [-0.2, -0.15) is 0 Å². The molecule has 0 aliphatic rings. The number of hydrogen-bond donors (Lipinski definition) is 1. The van der Waals surface area contributed by atoms with Crippen LogP contribution < -0.4 is 15.2 Å². The summed E-state index contributed by atoms with van der Waals surface area (Å²) in [6.45, 7) is 3.48. The first kappa shape index (κ1) is 17.1. The van der Waals surface area contributed by atoms with E-state index in [0.717, 1.165) is 5.56 Å². The highest BCUT2D eigenvalue weighted by molar-refractivity contribution is 7.92. The van der Waals surface area contributed by atoms with Crippen LogP contribution in [0.3, 0.4) is 0 Å². The summed E-state index contributed by atoms with van der Waals surface area (Å²) >= 11 is 0. The number of anilines is 1. The Morgan fingerprint density at radius 1 is 1.12 bits per heavy atom. The van der Waals surface area contributed by atoms with Crippen LogP contribution in [0.1, 0.15) is 11.1 Å². The molecule has 0 radical (unpaired) electrons. The van der Waals surface area contributed by atoms with Crippen LogP contribution in [-0.2, 0) is 17.1 Å². The second-order valence-corrected chi connectivity index (χ2v) is 7.45. The number of sulfonamides is 1. The number of fused-ring (bicyclic) bond motifs is 1. The highest BCUT2D eigenvalue weighted by atomic mass is 32.2. The van der Waals surface area contributed by atoms with Crippen molar-refractivity contribution in [1.82, 2.24) is 4.57 Å². The summed E-state index contributed by atoms with van der Waals surface area (Å²) in [6.07, 6.45) is 0. The molecule has 1 N–H and O–H groups in total. The summed E-state index contributed by atoms with van der Waals surface area (Å²) in [4.78, 5) is 11.7. The van der Waals surface area contributed by atoms with E-state index >= 15 is 0 Å². The number of benzene rings is 2. The number of hydrogen-bond acceptors (Lipinski definition) is 5. The van der Waals surface area contributed by atoms with E-state index in [9.17, 15) is 13.2 Å². The molecule has 7 nitrogen and oxygen atoms in total. The molecule has 1 heterocycles. The van der Waals surface area contributed by atoms with Crippen molar-refractivity contribution in [1.29, 1.82) is 0 Å². The number of aromatic nitrogens is 1. The lowest BCUT2D eigenvalue weighted by molar-refractivity contribution is 0.411. The van der Waals surface area contributed by atoms with Gasteiger partial charge in [-0.1, -0.05) is 0 Å². The van der Waals surface area contributed by atoms with E-state index in [1.165, 1.54) is 17.7 Å². The Kier molecular flexibility index (Phi) is 4.08. The van der Waals surface area contributed by atoms with Gasteiger partial charge >= 0.3 is 5.76 Å². The highest BCUT2D eigenvalue weighted by Gasteiger charge is 2.19. The van der Waals surface area contributed by atoms with Crippen LogP contribution in [0.15, 0.2) is 44.4 Å². The monoisotopic (exact) mass is 362 g/mol. The lowest BCUT2D eigenvalue weighted by Gasteiger charge is -2.13. The predicted octanol–water partition coefficient (Wildman–Crippen LogP) is 2.56. The molecular formula is C17H18N2O5S. The van der Waals surface area contributed by atoms with E-state index in [1.807, 2.05) is 0 Å². The molecule has 0 bridgehead atoms. The molecule has 3 rings (SSSR count). The summed E-state index contributed by atoms with van der Waals surface area (Å²) in [5.41, 5.74) is 2.51. The largest absolute Gasteiger partial charge is 0.496 e. The molecule has 132 valence electrons. The lowest BCUT2D eigenvalue weighted by Crippen LogP contribution is -2.14. The van der Waals surface area contributed by atoms with Gasteiger partial charge < -0.3 is 9.15 Å². The fourth-order valence-corrected chi connectivity index (χ4v) is 4.04. The van der Waals surface area contributed by atoms with Crippen LogP contribution >= 0.6 is 0 Å². The van der Waals surface area contributed by atoms with E-state index in [1.54, 1.807) is 45.2 Å². The van der Waals surface area contributed by atoms with Crippen molar-refractivity contribution < 1.29 is 17.6 Å². The molecule has 3 aromatic rings. The molecule has 0 fully saturated rings. The second-order valence-electron chi connectivity index (χ2n) is 5.80. The number of ether oxygens (including phenoxy) is 1. The predicted molar refractivity (Wildman–Crippen MR) is 94.7 cm³/mol. The van der Waals surface area contributed by atoms with E-state index < -0.39 is 15.8 Å². The van der Waals surface area contributed by atoms with Gasteiger partial charge in [-0.15, -0.1) is 0 Å². The standard InChI is InChI=1S/C17H18N2O5S/c1-10-8-16(11(2)7-14(10)23-4)25(21,22)18-12-5-6-13-15(9-12)24-17(20)19(13)3/h5-9,18H,1-4H3. The van der Waals surface area contributed by atoms with Gasteiger partial charge in [-0.25, -0.2) is 13.2 Å². The third kappa shape index (κ3) is 3.00. The van der Waals surface area contributed by atoms with E-state index in [2.05, 4.69) is 4.72 Å². The van der Waals surface area contributed by atoms with Gasteiger partial charge in [-0.3, -0.25) is 9.29 Å². The normalized spacial score (nSPS) is 11.7. The smallest absolute Gasteiger partial charge is 0.419 e. The van der Waals surface area contributed by atoms with Crippen LogP contribution in [0.25, 0.3) is 11.1 Å². The Hall–Kier alpha value is -2.74. The van der Waals surface area contributed by atoms with Crippen molar-refractivity contribution >= 4 is 26.8 Å². The minimum absolute atomic E-state index is 0.167. The maximum Gasteiger partial charge on any atom is 0.419 e. The molecule has 0 unspecified atom stereocenters. The minimum atomic E-state index is -3.80. The molecule has 0 atom stereocenters. The van der Waals surface area contributed by atoms with E-state index in [-0.39, 0.29) is 4.90 Å². The van der Waals surface area contributed by atoms with Gasteiger partial charge in [0.1, 0.15) is 5.75 Å². The highest BCUT2D eigenvalue weighted by Crippen LogP contribution is 2.27. The topological polar surface area (TPSA) is 90.5 Å². The van der Waals surface area contributed by atoms with Gasteiger partial charge in [-0.05, 0) is 49.2 Å². The number of nitrogens with zero attached hydrogens (tertiary/aromatic N) is 1. The zero-order valence-corrected chi connectivity index (χ0v) is 15.1. The molecule has 0 amide bonds. The number of oxazole rings is 1. The van der Waals surface area contributed by atoms with Crippen LogP contribution in [0.2, 0.25) is 0 Å². The molecule has 25 heavy (non-hydrogen) atoms. The van der Waals surface area contributed by atoms with Gasteiger partial charge in [0.2, 0.25) is 0 Å². The molecule has 2 aromatic carbocycles. The molecule has 0 saturated heterocycles. The summed E-state index contributed by atoms with van der Waals surface area (Å²) in [5, 5.41) is 0. The summed E-state index contributed by atoms with van der Waals surface area (Å²) in [7, 11) is -0.672. The zero-order chi connectivity index (χ0) is 18.4. The Morgan fingerprint density at radius 2 is 1.84 bits per heavy atom. The Morgan fingerprint density at radius 3 is 2.52 bits per heavy atom. The fourth-order valence-electron chi connectivity index (χ4n) is 2.68. The van der Waals surface area contributed by atoms with Crippen LogP contribution in [0.5, 0.6) is 5.75 Å². The SMILES string of the molecule is COc1cc(C)c(S(=O)(=O)Nc2ccc3c(c2)oc(=O)n3C)cc1C. The quantitative estimate of drug-likeness (QED) is 0.770. The maximum absolute atomic E-state index is 12.7. The number of methoxy groups -OCH3 is 1. The Labute approximate surface area is 144 Å². The first-order chi connectivity index (χ1) is 11.7. The minimum Gasteiger partial charge on any atom is -0.496 e. The first-order valence-electron chi connectivity index (χ1n) is 7.50. The Balaban J connectivity index is 2.02. The second kappa shape index (κ2) is 5.96. The molecule has 0 aliphatic carbocycles. The van der Waals surface area contributed by atoms with Crippen molar-refractivity contribution in [2.24, 2.45) is 7.05 Å². The molecule has 1 aromatic heterocycles. The van der Waals surface area contributed by atoms with Crippen molar-refractivity contribution in [3.8, 4) is 5.75 Å². The number of aryl methyl sites for hydroxylation is 3. The fraction of sp³-hybridized carbons (Fsp3) is 0.235. The van der Waals surface area contributed by atoms with Crippen molar-refractivity contribution in [2.45, 2.75) is 18.7 Å². The van der Waals surface area contributed by atoms with Crippen molar-refractivity contribution in [3.63, 3.8) is 0 Å². The number of rotatable bonds is 4. The average molecular weight is 362 g/mol. The number of nitrogens with one attached hydrogen (secondary N) is 1. The van der Waals surface area contributed by atoms with Crippen molar-refractivity contribution in [2.75, 3.05) is 11.8 Å². The van der Waals surface area contributed by atoms with Crippen LogP contribution in [0.4, 0.5) is 5.69 Å². The summed E-state index contributed by atoms with van der Waals surface area (Å²) in [5.74, 6) is 0.126. The third-order valence-electron chi connectivity index (χ3n) is 4.03. The summed E-state index contributed by atoms with van der Waals surface area (Å²) < 4.78 is 39.6. The van der Waals surface area contributed by atoms with Gasteiger partial charge in [0.05, 0.1) is 23.2 Å². The molecule has 8 heteroatoms. The van der Waals surface area contributed by atoms with E-state index in [4.69, 9.17) is 9.15 Å². The molecule has 0 saturated carbocycles. The van der Waals surface area contributed by atoms with Gasteiger partial charge in [0, 0.05) is 13.1 Å². The van der Waals surface area contributed by atoms with Crippen molar-refractivity contribution in [3.05, 3.63) is 52.0 Å². The van der Waals surface area contributed by atoms with Crippen LogP contribution in [0, 0.1) is 13.8 Å². The van der Waals surface area contributed by atoms with Gasteiger partial charge in [0.25, 0.3) is 10.0 Å². The van der Waals surface area contributed by atoms with E-state index in [0.29, 0.717) is 28.1 Å². The first-order valence-corrected chi connectivity index (χ1v) is 8.99. The molecule has 0 aliphatic heterocycles. The summed E-state index contributed by atoms with van der Waals surface area (Å²) in [6, 6.07) is 7.95. The van der Waals surface area contributed by atoms with Gasteiger partial charge in [0.15, 0.2) is 5.58 Å². The Bertz CT molecular complexity index is 1130. The third-order valence-corrected chi connectivity index (χ3v) is 5.55. The molecule has 0 spiro atoms. The van der Waals surface area contributed by atoms with Crippen LogP contribution in [-0.4, -0.2) is 20.1 Å². The maximum atomic E-state index is 12.7. The molecular weight excluding hydrogens is 344 g/mol. The lowest BCUT2D eigenvalue weighted by atomic mass is 10.1.